The molecule has 2 saturated heterocycles. The van der Waals surface area contributed by atoms with Crippen LogP contribution >= 0.6 is 23.5 Å². The number of thioether (sulfide) groups is 2. The zero-order valence-corrected chi connectivity index (χ0v) is 16.9. The number of hydrogen-bond donors (Lipinski definition) is 3. The van der Waals surface area contributed by atoms with Crippen LogP contribution in [-0.2, 0) is 19.4 Å². The predicted octanol–water partition coefficient (Wildman–Crippen LogP) is 0.0506. The molecule has 0 aromatic carbocycles. The van der Waals surface area contributed by atoms with Crippen molar-refractivity contribution in [3.63, 3.8) is 0 Å². The summed E-state index contributed by atoms with van der Waals surface area (Å²) in [6.45, 7) is 2.20. The first-order valence-electron chi connectivity index (χ1n) is 8.31. The van der Waals surface area contributed by atoms with Crippen LogP contribution < -0.4 is 5.32 Å². The Hall–Kier alpha value is -0.750. The minimum atomic E-state index is -3.00. The summed E-state index contributed by atoms with van der Waals surface area (Å²) in [5.74, 6) is -1.93. The molecule has 8 nitrogen and oxygen atoms in total. The second kappa shape index (κ2) is 7.34. The Bertz CT molecular complexity index is 750. The molecule has 5 atom stereocenters. The summed E-state index contributed by atoms with van der Waals surface area (Å²) in [4.78, 5) is 25.1. The van der Waals surface area contributed by atoms with E-state index < -0.39 is 27.8 Å². The minimum Gasteiger partial charge on any atom is -0.477 e. The van der Waals surface area contributed by atoms with Crippen molar-refractivity contribution in [3.05, 3.63) is 9.93 Å². The molecule has 0 aromatic heterocycles. The van der Waals surface area contributed by atoms with Crippen LogP contribution in [0.2, 0.25) is 0 Å². The van der Waals surface area contributed by atoms with Gasteiger partial charge in [0.15, 0.2) is 5.70 Å². The van der Waals surface area contributed by atoms with Crippen molar-refractivity contribution in [2.75, 3.05) is 18.6 Å². The fraction of sp³-hybridized carbons (Fsp3) is 0.733. The van der Waals surface area contributed by atoms with Gasteiger partial charge in [-0.05, 0) is 19.8 Å². The van der Waals surface area contributed by atoms with Gasteiger partial charge in [0.1, 0.15) is 15.2 Å². The molecule has 3 N–H and O–H groups in total. The first-order chi connectivity index (χ1) is 12.1. The highest BCUT2D eigenvalue weighted by Crippen LogP contribution is 2.54. The number of carboxylic acid groups (broad SMARTS) is 1. The third-order valence-corrected chi connectivity index (χ3v) is 8.57. The number of carbonyl (C=O) groups excluding carboxylic acids is 1. The minimum absolute atomic E-state index is 0.00601. The Morgan fingerprint density at radius 3 is 2.77 bits per heavy atom. The Balaban J connectivity index is 1.65. The van der Waals surface area contributed by atoms with Gasteiger partial charge in [-0.2, -0.15) is 0 Å². The van der Waals surface area contributed by atoms with Crippen LogP contribution in [0.1, 0.15) is 19.8 Å². The quantitative estimate of drug-likeness (QED) is 0.488. The maximum atomic E-state index is 12.2. The summed E-state index contributed by atoms with van der Waals surface area (Å²) < 4.78 is 23.2. The molecule has 3 rings (SSSR count). The van der Waals surface area contributed by atoms with Gasteiger partial charge in [-0.3, -0.25) is 9.69 Å². The van der Waals surface area contributed by atoms with Crippen molar-refractivity contribution >= 4 is 45.2 Å². The fourth-order valence-electron chi connectivity index (χ4n) is 3.43. The van der Waals surface area contributed by atoms with E-state index in [1.807, 2.05) is 0 Å². The molecule has 3 aliphatic rings. The van der Waals surface area contributed by atoms with Gasteiger partial charge in [0.25, 0.3) is 0 Å². The van der Waals surface area contributed by atoms with E-state index in [2.05, 4.69) is 5.32 Å². The molecule has 11 heteroatoms. The fourth-order valence-corrected chi connectivity index (χ4v) is 7.50. The van der Waals surface area contributed by atoms with Crippen molar-refractivity contribution in [1.82, 2.24) is 10.2 Å². The lowest BCUT2D eigenvalue weighted by Crippen LogP contribution is -2.60. The predicted molar refractivity (Wildman–Crippen MR) is 100 cm³/mol. The summed E-state index contributed by atoms with van der Waals surface area (Å²) >= 11 is 2.75. The highest BCUT2D eigenvalue weighted by atomic mass is 32.2. The van der Waals surface area contributed by atoms with Crippen LogP contribution in [0.3, 0.4) is 0 Å². The smallest absolute Gasteiger partial charge is 0.354 e. The number of nitrogens with one attached hydrogen (secondary N) is 1. The van der Waals surface area contributed by atoms with E-state index in [4.69, 9.17) is 0 Å². The van der Waals surface area contributed by atoms with Crippen LogP contribution in [0.25, 0.3) is 0 Å². The number of aliphatic hydroxyl groups excluding tert-OH is 1. The number of rotatable bonds is 7. The summed E-state index contributed by atoms with van der Waals surface area (Å²) in [7, 11) is -3.00. The van der Waals surface area contributed by atoms with Gasteiger partial charge < -0.3 is 15.5 Å². The molecule has 0 spiro atoms. The standard InChI is InChI=1S/C15H22N2O6S3/c1-7(18)10-12(19)17-11(14(20)21)15(25-13(10)17)24-9-5-8(16-6-9)3-4-26(2,22)23/h7-10,13,16,18H,3-6H2,1-2H3,(H,20,21)/t7-,8-,9+,10+,13-/m1/s1. The largest absolute Gasteiger partial charge is 0.477 e. The zero-order chi connectivity index (χ0) is 19.2. The number of carboxylic acids is 1. The van der Waals surface area contributed by atoms with E-state index in [0.29, 0.717) is 17.2 Å². The van der Waals surface area contributed by atoms with Crippen LogP contribution in [0.15, 0.2) is 9.93 Å². The van der Waals surface area contributed by atoms with Gasteiger partial charge in [0.2, 0.25) is 5.91 Å². The molecule has 26 heavy (non-hydrogen) atoms. The number of fused-ring (bicyclic) bond motifs is 1. The van der Waals surface area contributed by atoms with E-state index in [9.17, 15) is 28.2 Å². The van der Waals surface area contributed by atoms with Crippen molar-refractivity contribution in [2.24, 2.45) is 5.92 Å². The van der Waals surface area contributed by atoms with Crippen LogP contribution in [0.4, 0.5) is 0 Å². The Morgan fingerprint density at radius 2 is 2.19 bits per heavy atom. The molecule has 0 aromatic rings. The van der Waals surface area contributed by atoms with E-state index >= 15 is 0 Å². The van der Waals surface area contributed by atoms with Crippen molar-refractivity contribution in [2.45, 2.75) is 42.5 Å². The molecule has 146 valence electrons. The van der Waals surface area contributed by atoms with E-state index in [1.54, 1.807) is 6.92 Å². The second-order valence-corrected chi connectivity index (χ2v) is 11.9. The van der Waals surface area contributed by atoms with E-state index in [-0.39, 0.29) is 34.0 Å². The van der Waals surface area contributed by atoms with Crippen molar-refractivity contribution in [1.29, 1.82) is 0 Å². The van der Waals surface area contributed by atoms with Gasteiger partial charge in [0.05, 0.1) is 22.0 Å². The molecule has 0 radical (unpaired) electrons. The van der Waals surface area contributed by atoms with Gasteiger partial charge >= 0.3 is 5.97 Å². The highest BCUT2D eigenvalue weighted by molar-refractivity contribution is 8.23. The van der Waals surface area contributed by atoms with E-state index in [1.165, 1.54) is 34.7 Å². The van der Waals surface area contributed by atoms with Crippen LogP contribution in [0, 0.1) is 5.92 Å². The Morgan fingerprint density at radius 1 is 1.50 bits per heavy atom. The summed E-state index contributed by atoms with van der Waals surface area (Å²) in [5, 5.41) is 22.3. The number of β-lactam (4-membered cyclic amide) rings is 1. The lowest BCUT2D eigenvalue weighted by molar-refractivity contribution is -0.156. The molecule has 3 aliphatic heterocycles. The number of sulfone groups is 1. The number of nitrogens with zero attached hydrogens (tertiary/aromatic N) is 1. The van der Waals surface area contributed by atoms with Gasteiger partial charge in [-0.25, -0.2) is 13.2 Å². The molecule has 1 amide bonds. The average molecular weight is 423 g/mol. The third-order valence-electron chi connectivity index (χ3n) is 4.76. The number of aliphatic carboxylic acids is 1. The van der Waals surface area contributed by atoms with Gasteiger partial charge in [-0.15, -0.1) is 11.8 Å². The van der Waals surface area contributed by atoms with Crippen LogP contribution in [-0.4, -0.2) is 76.7 Å². The zero-order valence-electron chi connectivity index (χ0n) is 14.4. The maximum absolute atomic E-state index is 12.2. The molecule has 3 heterocycles. The molecular formula is C15H22N2O6S3. The normalized spacial score (nSPS) is 32.6. The first kappa shape index (κ1) is 20.0. The van der Waals surface area contributed by atoms with E-state index in [0.717, 1.165) is 6.42 Å². The SMILES string of the molecule is C[C@@H](O)[C@H]1C(=O)N2C(C(=O)O)=C(S[C@@H]3CN[C@H](CCS(C)(=O)=O)C3)S[C@H]12. The topological polar surface area (TPSA) is 124 Å². The average Bonchev–Trinajstić information content (AvgIpc) is 3.07. The molecule has 0 unspecified atom stereocenters. The second-order valence-electron chi connectivity index (χ2n) is 6.92. The maximum Gasteiger partial charge on any atom is 0.354 e. The molecule has 0 aliphatic carbocycles. The number of aliphatic hydroxyl groups is 1. The van der Waals surface area contributed by atoms with Gasteiger partial charge in [0, 0.05) is 24.1 Å². The highest BCUT2D eigenvalue weighted by Gasteiger charge is 2.58. The lowest BCUT2D eigenvalue weighted by Gasteiger charge is -2.43. The first-order valence-corrected chi connectivity index (χ1v) is 12.1. The number of hydrogen-bond acceptors (Lipinski definition) is 8. The Kier molecular flexibility index (Phi) is 5.65. The van der Waals surface area contributed by atoms with Crippen molar-refractivity contribution in [3.8, 4) is 0 Å². The molecular weight excluding hydrogens is 400 g/mol. The van der Waals surface area contributed by atoms with Crippen molar-refractivity contribution < 1.29 is 28.2 Å². The third kappa shape index (κ3) is 3.91. The number of amides is 1. The molecule has 0 bridgehead atoms. The Labute approximate surface area is 160 Å². The summed E-state index contributed by atoms with van der Waals surface area (Å²) in [6.07, 6.45) is 1.68. The van der Waals surface area contributed by atoms with Gasteiger partial charge in [-0.1, -0.05) is 11.8 Å². The molecule has 2 fully saturated rings. The summed E-state index contributed by atoms with van der Waals surface area (Å²) in [5.41, 5.74) is 0.00601. The summed E-state index contributed by atoms with van der Waals surface area (Å²) in [6, 6.07) is 0.0892. The van der Waals surface area contributed by atoms with Crippen LogP contribution in [0.5, 0.6) is 0 Å². The molecule has 0 saturated carbocycles. The number of carbonyl (C=O) groups is 2. The lowest BCUT2D eigenvalue weighted by atomic mass is 9.92. The monoisotopic (exact) mass is 422 g/mol.